The Labute approximate surface area is 167 Å². The SMILES string of the molecule is CCC(=O)c1ccc(OCC(=O)O[C@@H](C)C(=O)N[C@H]2CCC[C@H](C)[C@@H]2C)cc1. The van der Waals surface area contributed by atoms with Crippen LogP contribution in [-0.2, 0) is 14.3 Å². The summed E-state index contributed by atoms with van der Waals surface area (Å²) in [5, 5.41) is 3.01. The number of hydrogen-bond donors (Lipinski definition) is 1. The van der Waals surface area contributed by atoms with E-state index in [1.165, 1.54) is 6.42 Å². The summed E-state index contributed by atoms with van der Waals surface area (Å²) in [6.45, 7) is 7.42. The van der Waals surface area contributed by atoms with Gasteiger partial charge in [0.25, 0.3) is 5.91 Å². The van der Waals surface area contributed by atoms with Crippen LogP contribution in [0, 0.1) is 11.8 Å². The van der Waals surface area contributed by atoms with Crippen molar-refractivity contribution in [3.8, 4) is 5.75 Å². The van der Waals surface area contributed by atoms with Gasteiger partial charge < -0.3 is 14.8 Å². The predicted octanol–water partition coefficient (Wildman–Crippen LogP) is 3.53. The van der Waals surface area contributed by atoms with Crippen LogP contribution in [0.25, 0.3) is 0 Å². The van der Waals surface area contributed by atoms with Crippen molar-refractivity contribution in [3.05, 3.63) is 29.8 Å². The Bertz CT molecular complexity index is 685. The fourth-order valence-corrected chi connectivity index (χ4v) is 3.45. The molecule has 1 fully saturated rings. The standard InChI is InChI=1S/C22H31NO5/c1-5-20(24)17-9-11-18(12-10-17)27-13-21(25)28-16(4)22(26)23-19-8-6-7-14(2)15(19)3/h9-12,14-16,19H,5-8,13H2,1-4H3,(H,23,26)/t14-,15-,16-,19-/m0/s1. The van der Waals surface area contributed by atoms with Crippen LogP contribution in [0.3, 0.4) is 0 Å². The van der Waals surface area contributed by atoms with Crippen molar-refractivity contribution in [2.24, 2.45) is 11.8 Å². The minimum absolute atomic E-state index is 0.0486. The minimum Gasteiger partial charge on any atom is -0.482 e. The van der Waals surface area contributed by atoms with Crippen LogP contribution in [-0.4, -0.2) is 36.4 Å². The molecule has 2 rings (SSSR count). The van der Waals surface area contributed by atoms with Crippen molar-refractivity contribution in [2.45, 2.75) is 65.5 Å². The molecule has 0 heterocycles. The molecule has 0 unspecified atom stereocenters. The van der Waals surface area contributed by atoms with Gasteiger partial charge in [-0.3, -0.25) is 9.59 Å². The molecule has 6 nitrogen and oxygen atoms in total. The first-order valence-corrected chi connectivity index (χ1v) is 10.1. The molecule has 4 atom stereocenters. The van der Waals surface area contributed by atoms with E-state index >= 15 is 0 Å². The second-order valence-corrected chi connectivity index (χ2v) is 7.60. The Morgan fingerprint density at radius 3 is 2.46 bits per heavy atom. The van der Waals surface area contributed by atoms with Gasteiger partial charge in [-0.15, -0.1) is 0 Å². The highest BCUT2D eigenvalue weighted by molar-refractivity contribution is 5.95. The third-order valence-electron chi connectivity index (χ3n) is 5.57. The van der Waals surface area contributed by atoms with Crippen molar-refractivity contribution in [2.75, 3.05) is 6.61 Å². The topological polar surface area (TPSA) is 81.7 Å². The third kappa shape index (κ3) is 6.08. The quantitative estimate of drug-likeness (QED) is 0.543. The smallest absolute Gasteiger partial charge is 0.344 e. The molecule has 1 amide bonds. The lowest BCUT2D eigenvalue weighted by atomic mass is 9.78. The number of carbonyl (C=O) groups is 3. The molecule has 154 valence electrons. The number of nitrogens with one attached hydrogen (secondary N) is 1. The fraction of sp³-hybridized carbons (Fsp3) is 0.591. The van der Waals surface area contributed by atoms with Crippen LogP contribution >= 0.6 is 0 Å². The van der Waals surface area contributed by atoms with Gasteiger partial charge in [-0.1, -0.05) is 33.6 Å². The number of rotatable bonds is 8. The summed E-state index contributed by atoms with van der Waals surface area (Å²) in [6, 6.07) is 6.72. The van der Waals surface area contributed by atoms with Crippen molar-refractivity contribution >= 4 is 17.7 Å². The number of ketones is 1. The first kappa shape index (κ1) is 21.9. The number of carbonyl (C=O) groups excluding carboxylic acids is 3. The average Bonchev–Trinajstić information content (AvgIpc) is 2.69. The van der Waals surface area contributed by atoms with Crippen molar-refractivity contribution in [1.82, 2.24) is 5.32 Å². The summed E-state index contributed by atoms with van der Waals surface area (Å²) >= 11 is 0. The van der Waals surface area contributed by atoms with Gasteiger partial charge in [0.2, 0.25) is 0 Å². The zero-order valence-corrected chi connectivity index (χ0v) is 17.2. The van der Waals surface area contributed by atoms with E-state index in [4.69, 9.17) is 9.47 Å². The average molecular weight is 389 g/mol. The van der Waals surface area contributed by atoms with Gasteiger partial charge in [-0.05, 0) is 49.4 Å². The number of esters is 1. The van der Waals surface area contributed by atoms with E-state index in [-0.39, 0.29) is 24.3 Å². The third-order valence-corrected chi connectivity index (χ3v) is 5.57. The summed E-state index contributed by atoms with van der Waals surface area (Å²) < 4.78 is 10.6. The van der Waals surface area contributed by atoms with Crippen molar-refractivity contribution in [3.63, 3.8) is 0 Å². The summed E-state index contributed by atoms with van der Waals surface area (Å²) in [7, 11) is 0. The van der Waals surface area contributed by atoms with Gasteiger partial charge >= 0.3 is 5.97 Å². The van der Waals surface area contributed by atoms with Crippen molar-refractivity contribution < 1.29 is 23.9 Å². The largest absolute Gasteiger partial charge is 0.482 e. The van der Waals surface area contributed by atoms with Gasteiger partial charge in [0.05, 0.1) is 0 Å². The number of Topliss-reactive ketones (excluding diaryl/α,β-unsaturated/α-hetero) is 1. The molecular weight excluding hydrogens is 358 g/mol. The predicted molar refractivity (Wildman–Crippen MR) is 106 cm³/mol. The zero-order chi connectivity index (χ0) is 20.7. The molecule has 0 aromatic heterocycles. The maximum absolute atomic E-state index is 12.3. The molecule has 0 spiro atoms. The van der Waals surface area contributed by atoms with Crippen LogP contribution < -0.4 is 10.1 Å². The zero-order valence-electron chi connectivity index (χ0n) is 17.2. The molecule has 0 aliphatic heterocycles. The Morgan fingerprint density at radius 2 is 1.82 bits per heavy atom. The lowest BCUT2D eigenvalue weighted by Gasteiger charge is -2.35. The monoisotopic (exact) mass is 389 g/mol. The highest BCUT2D eigenvalue weighted by Crippen LogP contribution is 2.29. The fourth-order valence-electron chi connectivity index (χ4n) is 3.45. The lowest BCUT2D eigenvalue weighted by Crippen LogP contribution is -2.47. The summed E-state index contributed by atoms with van der Waals surface area (Å²) in [4.78, 5) is 35.9. The molecule has 1 saturated carbocycles. The highest BCUT2D eigenvalue weighted by Gasteiger charge is 2.30. The minimum atomic E-state index is -0.870. The number of benzene rings is 1. The van der Waals surface area contributed by atoms with E-state index in [0.29, 0.717) is 29.6 Å². The molecule has 1 aromatic rings. The van der Waals surface area contributed by atoms with Crippen molar-refractivity contribution in [1.29, 1.82) is 0 Å². The summed E-state index contributed by atoms with van der Waals surface area (Å²) in [6.07, 6.45) is 2.80. The molecule has 0 saturated heterocycles. The van der Waals surface area contributed by atoms with Gasteiger partial charge in [-0.25, -0.2) is 4.79 Å². The Balaban J connectivity index is 1.77. The van der Waals surface area contributed by atoms with E-state index in [1.807, 2.05) is 0 Å². The summed E-state index contributed by atoms with van der Waals surface area (Å²) in [5.41, 5.74) is 0.606. The molecular formula is C22H31NO5. The van der Waals surface area contributed by atoms with Crippen LogP contribution in [0.4, 0.5) is 0 Å². The second kappa shape index (κ2) is 10.2. The Kier molecular flexibility index (Phi) is 8.03. The highest BCUT2D eigenvalue weighted by atomic mass is 16.6. The molecule has 1 aliphatic carbocycles. The number of hydrogen-bond acceptors (Lipinski definition) is 5. The van der Waals surface area contributed by atoms with Gasteiger partial charge in [0, 0.05) is 18.0 Å². The van der Waals surface area contributed by atoms with Gasteiger partial charge in [-0.2, -0.15) is 0 Å². The van der Waals surface area contributed by atoms with E-state index in [2.05, 4.69) is 19.2 Å². The number of ether oxygens (including phenoxy) is 2. The Morgan fingerprint density at radius 1 is 1.14 bits per heavy atom. The van der Waals surface area contributed by atoms with Gasteiger partial charge in [0.1, 0.15) is 5.75 Å². The molecule has 28 heavy (non-hydrogen) atoms. The van der Waals surface area contributed by atoms with E-state index < -0.39 is 12.1 Å². The molecule has 6 heteroatoms. The maximum atomic E-state index is 12.3. The Hall–Kier alpha value is -2.37. The second-order valence-electron chi connectivity index (χ2n) is 7.60. The van der Waals surface area contributed by atoms with Gasteiger partial charge in [0.15, 0.2) is 18.5 Å². The maximum Gasteiger partial charge on any atom is 0.344 e. The molecule has 0 bridgehead atoms. The molecule has 1 N–H and O–H groups in total. The number of amides is 1. The van der Waals surface area contributed by atoms with Crippen LogP contribution in [0.1, 0.15) is 63.7 Å². The molecule has 1 aliphatic rings. The lowest BCUT2D eigenvalue weighted by molar-refractivity contribution is -0.157. The van der Waals surface area contributed by atoms with E-state index in [1.54, 1.807) is 38.1 Å². The first-order chi connectivity index (χ1) is 13.3. The molecule has 1 aromatic carbocycles. The first-order valence-electron chi connectivity index (χ1n) is 10.1. The van der Waals surface area contributed by atoms with Crippen LogP contribution in [0.15, 0.2) is 24.3 Å². The van der Waals surface area contributed by atoms with Crippen LogP contribution in [0.2, 0.25) is 0 Å². The van der Waals surface area contributed by atoms with Crippen LogP contribution in [0.5, 0.6) is 5.75 Å². The molecule has 0 radical (unpaired) electrons. The van der Waals surface area contributed by atoms with E-state index in [9.17, 15) is 14.4 Å². The van der Waals surface area contributed by atoms with E-state index in [0.717, 1.165) is 12.8 Å². The normalized spacial score (nSPS) is 22.8. The summed E-state index contributed by atoms with van der Waals surface area (Å²) in [5.74, 6) is 0.609.